The lowest BCUT2D eigenvalue weighted by Gasteiger charge is -2.39. The number of rotatable bonds is 1. The third-order valence-electron chi connectivity index (χ3n) is 3.65. The van der Waals surface area contributed by atoms with Gasteiger partial charge < -0.3 is 14.4 Å². The summed E-state index contributed by atoms with van der Waals surface area (Å²) in [6, 6.07) is 0. The maximum absolute atomic E-state index is 11.9. The van der Waals surface area contributed by atoms with Gasteiger partial charge in [-0.3, -0.25) is 5.10 Å². The third-order valence-corrected chi connectivity index (χ3v) is 3.65. The molecule has 0 aromatic carbocycles. The number of aromatic nitrogens is 2. The van der Waals surface area contributed by atoms with Crippen LogP contribution in [0, 0.1) is 0 Å². The standard InChI is InChI=1S/C14H21N3O3/c1-14(2,3)20-13(18)17-6-9(7-17)12-10-8-19-5-4-11(10)15-16-12/h9H,4-8H2,1-3H3,(H,15,16). The van der Waals surface area contributed by atoms with E-state index in [4.69, 9.17) is 9.47 Å². The first kappa shape index (κ1) is 13.4. The Morgan fingerprint density at radius 2 is 2.20 bits per heavy atom. The Morgan fingerprint density at radius 3 is 2.90 bits per heavy atom. The van der Waals surface area contributed by atoms with Crippen molar-refractivity contribution in [2.45, 2.75) is 45.3 Å². The van der Waals surface area contributed by atoms with Crippen LogP contribution in [0.1, 0.15) is 43.6 Å². The Hall–Kier alpha value is -1.56. The number of hydrogen-bond acceptors (Lipinski definition) is 4. The van der Waals surface area contributed by atoms with Gasteiger partial charge in [0.1, 0.15) is 5.60 Å². The van der Waals surface area contributed by atoms with Crippen LogP contribution in [0.4, 0.5) is 4.79 Å². The first-order chi connectivity index (χ1) is 9.44. The van der Waals surface area contributed by atoms with Crippen molar-refractivity contribution >= 4 is 6.09 Å². The van der Waals surface area contributed by atoms with Crippen molar-refractivity contribution in [1.82, 2.24) is 15.1 Å². The number of carbonyl (C=O) groups excluding carboxylic acids is 1. The van der Waals surface area contributed by atoms with Crippen LogP contribution in [0.15, 0.2) is 0 Å². The summed E-state index contributed by atoms with van der Waals surface area (Å²) in [5.74, 6) is 0.296. The predicted octanol–water partition coefficient (Wildman–Crippen LogP) is 1.82. The van der Waals surface area contributed by atoms with Crippen LogP contribution in [0.3, 0.4) is 0 Å². The van der Waals surface area contributed by atoms with Crippen molar-refractivity contribution in [2.75, 3.05) is 19.7 Å². The van der Waals surface area contributed by atoms with Crippen LogP contribution >= 0.6 is 0 Å². The molecule has 6 nitrogen and oxygen atoms in total. The van der Waals surface area contributed by atoms with Crippen LogP contribution < -0.4 is 0 Å². The molecule has 0 unspecified atom stereocenters. The van der Waals surface area contributed by atoms with E-state index in [0.717, 1.165) is 18.7 Å². The first-order valence-electron chi connectivity index (χ1n) is 7.06. The van der Waals surface area contributed by atoms with Gasteiger partial charge in [-0.1, -0.05) is 0 Å². The van der Waals surface area contributed by atoms with E-state index in [2.05, 4.69) is 10.2 Å². The molecule has 1 amide bonds. The SMILES string of the molecule is CC(C)(C)OC(=O)N1CC(c2n[nH]c3c2COCC3)C1. The predicted molar refractivity (Wildman–Crippen MR) is 72.5 cm³/mol. The Bertz CT molecular complexity index is 512. The highest BCUT2D eigenvalue weighted by Crippen LogP contribution is 2.32. The molecule has 2 aliphatic heterocycles. The molecule has 1 fully saturated rings. The second-order valence-corrected chi connectivity index (χ2v) is 6.45. The van der Waals surface area contributed by atoms with Crippen LogP contribution in [-0.4, -0.2) is 46.5 Å². The number of amides is 1. The number of fused-ring (bicyclic) bond motifs is 1. The molecule has 1 N–H and O–H groups in total. The van der Waals surface area contributed by atoms with Gasteiger partial charge in [-0.25, -0.2) is 4.79 Å². The number of nitrogens with one attached hydrogen (secondary N) is 1. The van der Waals surface area contributed by atoms with Crippen molar-refractivity contribution in [3.8, 4) is 0 Å². The number of nitrogens with zero attached hydrogens (tertiary/aromatic N) is 2. The molecule has 0 bridgehead atoms. The van der Waals surface area contributed by atoms with E-state index in [0.29, 0.717) is 25.6 Å². The molecule has 6 heteroatoms. The van der Waals surface area contributed by atoms with Crippen molar-refractivity contribution in [1.29, 1.82) is 0 Å². The summed E-state index contributed by atoms with van der Waals surface area (Å²) >= 11 is 0. The van der Waals surface area contributed by atoms with Crippen molar-refractivity contribution in [2.24, 2.45) is 0 Å². The molecule has 0 saturated carbocycles. The monoisotopic (exact) mass is 279 g/mol. The molecule has 0 atom stereocenters. The van der Waals surface area contributed by atoms with Gasteiger partial charge in [-0.15, -0.1) is 0 Å². The molecule has 3 rings (SSSR count). The molecule has 1 aromatic rings. The molecule has 0 spiro atoms. The molecular weight excluding hydrogens is 258 g/mol. The molecule has 1 aromatic heterocycles. The Labute approximate surface area is 118 Å². The molecule has 3 heterocycles. The summed E-state index contributed by atoms with van der Waals surface area (Å²) in [6.45, 7) is 8.36. The van der Waals surface area contributed by atoms with Gasteiger partial charge in [0.2, 0.25) is 0 Å². The zero-order valence-electron chi connectivity index (χ0n) is 12.2. The number of hydrogen-bond donors (Lipinski definition) is 1. The minimum atomic E-state index is -0.443. The molecule has 0 radical (unpaired) electrons. The average molecular weight is 279 g/mol. The molecule has 110 valence electrons. The second kappa shape index (κ2) is 4.77. The van der Waals surface area contributed by atoms with Crippen LogP contribution in [-0.2, 0) is 22.5 Å². The molecule has 0 aliphatic carbocycles. The van der Waals surface area contributed by atoms with Crippen LogP contribution in [0.5, 0.6) is 0 Å². The highest BCUT2D eigenvalue weighted by atomic mass is 16.6. The van der Waals surface area contributed by atoms with E-state index >= 15 is 0 Å². The maximum atomic E-state index is 11.9. The van der Waals surface area contributed by atoms with Crippen molar-refractivity contribution < 1.29 is 14.3 Å². The Balaban J connectivity index is 1.61. The van der Waals surface area contributed by atoms with Gasteiger partial charge >= 0.3 is 6.09 Å². The lowest BCUT2D eigenvalue weighted by molar-refractivity contribution is 0.00760. The van der Waals surface area contributed by atoms with Crippen LogP contribution in [0.25, 0.3) is 0 Å². The second-order valence-electron chi connectivity index (χ2n) is 6.45. The molecule has 1 saturated heterocycles. The third kappa shape index (κ3) is 2.52. The highest BCUT2D eigenvalue weighted by Gasteiger charge is 2.37. The zero-order valence-corrected chi connectivity index (χ0v) is 12.2. The van der Waals surface area contributed by atoms with Gasteiger partial charge in [0.25, 0.3) is 0 Å². The Morgan fingerprint density at radius 1 is 1.45 bits per heavy atom. The molecule has 2 aliphatic rings. The zero-order chi connectivity index (χ0) is 14.3. The van der Waals surface area contributed by atoms with E-state index in [1.54, 1.807) is 4.90 Å². The lowest BCUT2D eigenvalue weighted by atomic mass is 9.92. The Kier molecular flexibility index (Phi) is 3.20. The van der Waals surface area contributed by atoms with Gasteiger partial charge in [0, 0.05) is 36.7 Å². The maximum Gasteiger partial charge on any atom is 0.410 e. The summed E-state index contributed by atoms with van der Waals surface area (Å²) in [6.07, 6.45) is 0.652. The molecular formula is C14H21N3O3. The van der Waals surface area contributed by atoms with Gasteiger partial charge in [0.15, 0.2) is 0 Å². The fourth-order valence-electron chi connectivity index (χ4n) is 2.60. The number of H-pyrrole nitrogens is 1. The van der Waals surface area contributed by atoms with Crippen molar-refractivity contribution in [3.05, 3.63) is 17.0 Å². The van der Waals surface area contributed by atoms with Crippen molar-refractivity contribution in [3.63, 3.8) is 0 Å². The lowest BCUT2D eigenvalue weighted by Crippen LogP contribution is -2.50. The van der Waals surface area contributed by atoms with E-state index in [1.807, 2.05) is 20.8 Å². The summed E-state index contributed by atoms with van der Waals surface area (Å²) in [5.41, 5.74) is 2.98. The van der Waals surface area contributed by atoms with Gasteiger partial charge in [0.05, 0.1) is 18.9 Å². The normalized spacial score (nSPS) is 19.4. The first-order valence-corrected chi connectivity index (χ1v) is 7.06. The van der Waals surface area contributed by atoms with E-state index < -0.39 is 5.60 Å². The van der Waals surface area contributed by atoms with E-state index in [9.17, 15) is 4.79 Å². The highest BCUT2D eigenvalue weighted by molar-refractivity contribution is 5.69. The summed E-state index contributed by atoms with van der Waals surface area (Å²) < 4.78 is 10.8. The van der Waals surface area contributed by atoms with E-state index in [1.165, 1.54) is 11.3 Å². The summed E-state index contributed by atoms with van der Waals surface area (Å²) in [7, 11) is 0. The van der Waals surface area contributed by atoms with E-state index in [-0.39, 0.29) is 6.09 Å². The topological polar surface area (TPSA) is 67.5 Å². The minimum Gasteiger partial charge on any atom is -0.444 e. The fraction of sp³-hybridized carbons (Fsp3) is 0.714. The van der Waals surface area contributed by atoms with Gasteiger partial charge in [-0.05, 0) is 20.8 Å². The number of carbonyl (C=O) groups is 1. The van der Waals surface area contributed by atoms with Crippen LogP contribution in [0.2, 0.25) is 0 Å². The molecule has 20 heavy (non-hydrogen) atoms. The minimum absolute atomic E-state index is 0.241. The summed E-state index contributed by atoms with van der Waals surface area (Å²) in [4.78, 5) is 13.6. The average Bonchev–Trinajstić information content (AvgIpc) is 2.69. The number of ether oxygens (including phenoxy) is 2. The summed E-state index contributed by atoms with van der Waals surface area (Å²) in [5, 5.41) is 7.50. The smallest absolute Gasteiger partial charge is 0.410 e. The van der Waals surface area contributed by atoms with Gasteiger partial charge in [-0.2, -0.15) is 5.10 Å². The number of likely N-dealkylation sites (tertiary alicyclic amines) is 1. The quantitative estimate of drug-likeness (QED) is 0.851. The number of aromatic amines is 1. The largest absolute Gasteiger partial charge is 0.444 e. The fourth-order valence-corrected chi connectivity index (χ4v) is 2.60.